The monoisotopic (exact) mass is 187 g/mol. The Morgan fingerprint density at radius 1 is 1.38 bits per heavy atom. The second-order valence-corrected chi connectivity index (χ2v) is 3.52. The number of aliphatic carboxylic acids is 1. The maximum absolute atomic E-state index is 10.7. The Bertz CT molecular complexity index is 178. The number of hydrogen-bond acceptors (Lipinski definition) is 3. The van der Waals surface area contributed by atoms with E-state index in [0.717, 1.165) is 26.3 Å². The van der Waals surface area contributed by atoms with E-state index in [1.807, 2.05) is 6.92 Å². The number of ether oxygens (including phenoxy) is 1. The van der Waals surface area contributed by atoms with Gasteiger partial charge in [-0.05, 0) is 6.92 Å². The van der Waals surface area contributed by atoms with Crippen molar-refractivity contribution in [3.8, 4) is 0 Å². The summed E-state index contributed by atoms with van der Waals surface area (Å²) in [5.74, 6) is -1.03. The Hall–Kier alpha value is -0.610. The summed E-state index contributed by atoms with van der Waals surface area (Å²) >= 11 is 0. The number of nitrogens with zero attached hydrogens (tertiary/aromatic N) is 1. The van der Waals surface area contributed by atoms with Crippen molar-refractivity contribution in [2.75, 3.05) is 26.3 Å². The van der Waals surface area contributed by atoms with Crippen molar-refractivity contribution in [3.05, 3.63) is 0 Å². The molecule has 0 amide bonds. The first-order chi connectivity index (χ1) is 6.13. The fourth-order valence-electron chi connectivity index (χ4n) is 1.51. The molecule has 4 heteroatoms. The first kappa shape index (κ1) is 10.5. The number of carboxylic acids is 1. The molecule has 1 heterocycles. The minimum absolute atomic E-state index is 0.0985. The summed E-state index contributed by atoms with van der Waals surface area (Å²) in [4.78, 5) is 12.9. The molecule has 1 fully saturated rings. The lowest BCUT2D eigenvalue weighted by Crippen LogP contribution is -2.46. The normalized spacial score (nSPS) is 23.8. The van der Waals surface area contributed by atoms with Gasteiger partial charge < -0.3 is 9.84 Å². The molecule has 0 radical (unpaired) electrons. The average Bonchev–Trinajstić information content (AvgIpc) is 2.17. The molecular weight excluding hydrogens is 170 g/mol. The van der Waals surface area contributed by atoms with Gasteiger partial charge in [-0.3, -0.25) is 9.69 Å². The van der Waals surface area contributed by atoms with Crippen molar-refractivity contribution in [1.29, 1.82) is 0 Å². The van der Waals surface area contributed by atoms with Crippen molar-refractivity contribution in [2.45, 2.75) is 19.9 Å². The van der Waals surface area contributed by atoms with Crippen LogP contribution in [0.2, 0.25) is 0 Å². The molecular formula is C9H17NO3. The van der Waals surface area contributed by atoms with Crippen molar-refractivity contribution in [1.82, 2.24) is 4.90 Å². The first-order valence-electron chi connectivity index (χ1n) is 4.67. The Labute approximate surface area is 78.5 Å². The van der Waals surface area contributed by atoms with Crippen molar-refractivity contribution in [2.24, 2.45) is 5.92 Å². The van der Waals surface area contributed by atoms with E-state index in [2.05, 4.69) is 4.90 Å². The highest BCUT2D eigenvalue weighted by Gasteiger charge is 2.26. The number of carboxylic acid groups (broad SMARTS) is 1. The highest BCUT2D eigenvalue weighted by atomic mass is 16.5. The van der Waals surface area contributed by atoms with Gasteiger partial charge in [0.2, 0.25) is 0 Å². The van der Waals surface area contributed by atoms with Crippen LogP contribution in [0.25, 0.3) is 0 Å². The second-order valence-electron chi connectivity index (χ2n) is 3.52. The van der Waals surface area contributed by atoms with Crippen LogP contribution >= 0.6 is 0 Å². The average molecular weight is 187 g/mol. The third-order valence-corrected chi connectivity index (χ3v) is 2.73. The van der Waals surface area contributed by atoms with E-state index in [4.69, 9.17) is 9.84 Å². The molecule has 76 valence electrons. The number of hydrogen-bond donors (Lipinski definition) is 1. The number of morpholine rings is 1. The van der Waals surface area contributed by atoms with Crippen LogP contribution in [0.15, 0.2) is 0 Å². The van der Waals surface area contributed by atoms with Gasteiger partial charge in [0, 0.05) is 19.1 Å². The van der Waals surface area contributed by atoms with E-state index in [1.54, 1.807) is 6.92 Å². The molecule has 1 rings (SSSR count). The van der Waals surface area contributed by atoms with Crippen LogP contribution in [-0.2, 0) is 9.53 Å². The van der Waals surface area contributed by atoms with Crippen LogP contribution in [0.5, 0.6) is 0 Å². The lowest BCUT2D eigenvalue weighted by molar-refractivity contribution is -0.144. The summed E-state index contributed by atoms with van der Waals surface area (Å²) in [6.45, 7) is 6.84. The molecule has 0 spiro atoms. The van der Waals surface area contributed by atoms with Gasteiger partial charge in [0.1, 0.15) is 0 Å². The summed E-state index contributed by atoms with van der Waals surface area (Å²) < 4.78 is 5.20. The Morgan fingerprint density at radius 3 is 2.38 bits per heavy atom. The van der Waals surface area contributed by atoms with Crippen molar-refractivity contribution < 1.29 is 14.6 Å². The van der Waals surface area contributed by atoms with Crippen LogP contribution < -0.4 is 0 Å². The molecule has 0 bridgehead atoms. The zero-order chi connectivity index (χ0) is 9.84. The molecule has 13 heavy (non-hydrogen) atoms. The predicted octanol–water partition coefficient (Wildman–Crippen LogP) is 0.428. The molecule has 1 aliphatic heterocycles. The van der Waals surface area contributed by atoms with Gasteiger partial charge in [-0.2, -0.15) is 0 Å². The van der Waals surface area contributed by atoms with E-state index in [1.165, 1.54) is 0 Å². The predicted molar refractivity (Wildman–Crippen MR) is 48.7 cm³/mol. The standard InChI is InChI=1S/C9H17NO3/c1-7(9(11)12)8(2)10-3-5-13-6-4-10/h7-8H,3-6H2,1-2H3,(H,11,12). The number of carbonyl (C=O) groups is 1. The fourth-order valence-corrected chi connectivity index (χ4v) is 1.51. The van der Waals surface area contributed by atoms with Gasteiger partial charge in [-0.15, -0.1) is 0 Å². The topological polar surface area (TPSA) is 49.8 Å². The molecule has 0 saturated carbocycles. The van der Waals surface area contributed by atoms with Crippen LogP contribution in [0.1, 0.15) is 13.8 Å². The third-order valence-electron chi connectivity index (χ3n) is 2.73. The molecule has 1 aliphatic rings. The smallest absolute Gasteiger partial charge is 0.307 e. The summed E-state index contributed by atoms with van der Waals surface area (Å²) in [5.41, 5.74) is 0. The lowest BCUT2D eigenvalue weighted by atomic mass is 10.0. The van der Waals surface area contributed by atoms with Crippen LogP contribution in [0.4, 0.5) is 0 Å². The van der Waals surface area contributed by atoms with Crippen molar-refractivity contribution >= 4 is 5.97 Å². The minimum atomic E-state index is -0.723. The lowest BCUT2D eigenvalue weighted by Gasteiger charge is -2.34. The maximum Gasteiger partial charge on any atom is 0.307 e. The number of rotatable bonds is 3. The summed E-state index contributed by atoms with van der Waals surface area (Å²) in [7, 11) is 0. The zero-order valence-corrected chi connectivity index (χ0v) is 8.19. The van der Waals surface area contributed by atoms with Crippen LogP contribution in [-0.4, -0.2) is 48.3 Å². The molecule has 1 saturated heterocycles. The van der Waals surface area contributed by atoms with Gasteiger partial charge in [-0.1, -0.05) is 6.92 Å². The quantitative estimate of drug-likeness (QED) is 0.696. The van der Waals surface area contributed by atoms with E-state index in [0.29, 0.717) is 0 Å². The Kier molecular flexibility index (Phi) is 3.69. The molecule has 0 aromatic carbocycles. The molecule has 0 aromatic heterocycles. The highest BCUT2D eigenvalue weighted by Crippen LogP contribution is 2.12. The fraction of sp³-hybridized carbons (Fsp3) is 0.889. The van der Waals surface area contributed by atoms with Crippen LogP contribution in [0.3, 0.4) is 0 Å². The van der Waals surface area contributed by atoms with E-state index in [-0.39, 0.29) is 12.0 Å². The third kappa shape index (κ3) is 2.67. The van der Waals surface area contributed by atoms with E-state index < -0.39 is 5.97 Å². The largest absolute Gasteiger partial charge is 0.481 e. The summed E-state index contributed by atoms with van der Waals surface area (Å²) in [6, 6.07) is 0.0985. The summed E-state index contributed by atoms with van der Waals surface area (Å²) in [6.07, 6.45) is 0. The van der Waals surface area contributed by atoms with Gasteiger partial charge in [0.15, 0.2) is 0 Å². The van der Waals surface area contributed by atoms with E-state index >= 15 is 0 Å². The minimum Gasteiger partial charge on any atom is -0.481 e. The van der Waals surface area contributed by atoms with Crippen molar-refractivity contribution in [3.63, 3.8) is 0 Å². The molecule has 0 aliphatic carbocycles. The van der Waals surface area contributed by atoms with Crippen LogP contribution in [0, 0.1) is 5.92 Å². The molecule has 4 nitrogen and oxygen atoms in total. The van der Waals surface area contributed by atoms with Gasteiger partial charge in [0.05, 0.1) is 19.1 Å². The SMILES string of the molecule is CC(C(=O)O)C(C)N1CCOCC1. The highest BCUT2D eigenvalue weighted by molar-refractivity contribution is 5.70. The van der Waals surface area contributed by atoms with E-state index in [9.17, 15) is 4.79 Å². The first-order valence-corrected chi connectivity index (χ1v) is 4.67. The second kappa shape index (κ2) is 4.58. The molecule has 2 unspecified atom stereocenters. The van der Waals surface area contributed by atoms with Gasteiger partial charge in [0.25, 0.3) is 0 Å². The van der Waals surface area contributed by atoms with Gasteiger partial charge >= 0.3 is 5.97 Å². The molecule has 1 N–H and O–H groups in total. The van der Waals surface area contributed by atoms with Gasteiger partial charge in [-0.25, -0.2) is 0 Å². The summed E-state index contributed by atoms with van der Waals surface area (Å²) in [5, 5.41) is 8.83. The molecule has 2 atom stereocenters. The Morgan fingerprint density at radius 2 is 1.92 bits per heavy atom. The zero-order valence-electron chi connectivity index (χ0n) is 8.19. The molecule has 0 aromatic rings. The Balaban J connectivity index is 2.44. The maximum atomic E-state index is 10.7.